The number of aryl methyl sites for hydroxylation is 1. The first-order chi connectivity index (χ1) is 8.31. The van der Waals surface area contributed by atoms with E-state index in [1.165, 1.54) is 16.7 Å². The minimum absolute atomic E-state index is 0.903. The van der Waals surface area contributed by atoms with Crippen LogP contribution in [0.15, 0.2) is 42.6 Å². The predicted octanol–water partition coefficient (Wildman–Crippen LogP) is 3.17. The van der Waals surface area contributed by atoms with Crippen molar-refractivity contribution in [3.63, 3.8) is 0 Å². The van der Waals surface area contributed by atoms with Crippen LogP contribution in [0.1, 0.15) is 18.2 Å². The highest BCUT2D eigenvalue weighted by Gasteiger charge is 2.03. The maximum absolute atomic E-state index is 4.36. The van der Waals surface area contributed by atoms with Crippen molar-refractivity contribution >= 4 is 0 Å². The number of aromatic nitrogens is 1. The lowest BCUT2D eigenvalue weighted by molar-refractivity contribution is 0.728. The van der Waals surface area contributed by atoms with Crippen molar-refractivity contribution in [2.75, 3.05) is 6.54 Å². The van der Waals surface area contributed by atoms with E-state index in [1.54, 1.807) is 0 Å². The first-order valence-electron chi connectivity index (χ1n) is 6.03. The molecule has 0 atom stereocenters. The number of nitrogens with zero attached hydrogens (tertiary/aromatic N) is 1. The van der Waals surface area contributed by atoms with E-state index >= 15 is 0 Å². The van der Waals surface area contributed by atoms with E-state index in [1.807, 2.05) is 13.1 Å². The maximum Gasteiger partial charge on any atom is 0.0373 e. The molecule has 2 aromatic rings. The number of rotatable bonds is 4. The second-order valence-corrected chi connectivity index (χ2v) is 4.13. The van der Waals surface area contributed by atoms with Crippen LogP contribution in [-0.4, -0.2) is 11.5 Å². The smallest absolute Gasteiger partial charge is 0.0373 e. The van der Waals surface area contributed by atoms with Crippen molar-refractivity contribution in [1.82, 2.24) is 10.3 Å². The number of hydrogen-bond acceptors (Lipinski definition) is 2. The van der Waals surface area contributed by atoms with E-state index in [0.29, 0.717) is 0 Å². The summed E-state index contributed by atoms with van der Waals surface area (Å²) < 4.78 is 0. The van der Waals surface area contributed by atoms with Crippen molar-refractivity contribution in [2.24, 2.45) is 0 Å². The van der Waals surface area contributed by atoms with E-state index in [2.05, 4.69) is 53.6 Å². The zero-order valence-electron chi connectivity index (χ0n) is 10.4. The van der Waals surface area contributed by atoms with Gasteiger partial charge >= 0.3 is 0 Å². The van der Waals surface area contributed by atoms with E-state index in [-0.39, 0.29) is 0 Å². The normalized spacial score (nSPS) is 10.5. The third-order valence-electron chi connectivity index (χ3n) is 2.81. The van der Waals surface area contributed by atoms with Crippen molar-refractivity contribution in [3.05, 3.63) is 53.9 Å². The van der Waals surface area contributed by atoms with E-state index in [9.17, 15) is 0 Å². The van der Waals surface area contributed by atoms with Gasteiger partial charge < -0.3 is 5.32 Å². The van der Waals surface area contributed by atoms with Gasteiger partial charge in [0.1, 0.15) is 0 Å². The largest absolute Gasteiger partial charge is 0.313 e. The van der Waals surface area contributed by atoms with E-state index in [0.717, 1.165) is 18.8 Å². The third kappa shape index (κ3) is 2.92. The maximum atomic E-state index is 4.36. The number of benzene rings is 1. The Morgan fingerprint density at radius 3 is 2.65 bits per heavy atom. The fourth-order valence-electron chi connectivity index (χ4n) is 1.84. The van der Waals surface area contributed by atoms with Crippen LogP contribution in [0.5, 0.6) is 0 Å². The van der Waals surface area contributed by atoms with Gasteiger partial charge in [-0.2, -0.15) is 0 Å². The Labute approximate surface area is 103 Å². The number of nitrogens with one attached hydrogen (secondary N) is 1. The summed E-state index contributed by atoms with van der Waals surface area (Å²) in [6, 6.07) is 12.7. The molecule has 0 aliphatic heterocycles. The highest BCUT2D eigenvalue weighted by Crippen LogP contribution is 2.22. The van der Waals surface area contributed by atoms with Crippen LogP contribution in [-0.2, 0) is 6.54 Å². The molecule has 0 saturated heterocycles. The Bertz CT molecular complexity index is 475. The Balaban J connectivity index is 2.33. The molecule has 0 bridgehead atoms. The summed E-state index contributed by atoms with van der Waals surface area (Å²) in [5, 5.41) is 3.37. The van der Waals surface area contributed by atoms with Gasteiger partial charge in [-0.1, -0.05) is 37.3 Å². The fourth-order valence-corrected chi connectivity index (χ4v) is 1.84. The monoisotopic (exact) mass is 226 g/mol. The highest BCUT2D eigenvalue weighted by atomic mass is 14.8. The molecule has 17 heavy (non-hydrogen) atoms. The molecule has 1 heterocycles. The Hall–Kier alpha value is -1.67. The van der Waals surface area contributed by atoms with Gasteiger partial charge in [0.15, 0.2) is 0 Å². The Morgan fingerprint density at radius 1 is 1.12 bits per heavy atom. The molecule has 2 rings (SSSR count). The minimum Gasteiger partial charge on any atom is -0.313 e. The van der Waals surface area contributed by atoms with Gasteiger partial charge in [-0.3, -0.25) is 4.98 Å². The average molecular weight is 226 g/mol. The molecular weight excluding hydrogens is 208 g/mol. The van der Waals surface area contributed by atoms with Gasteiger partial charge in [-0.05, 0) is 30.7 Å². The minimum atomic E-state index is 0.903. The lowest BCUT2D eigenvalue weighted by Gasteiger charge is -2.09. The van der Waals surface area contributed by atoms with Crippen LogP contribution in [0.3, 0.4) is 0 Å². The summed E-state index contributed by atoms with van der Waals surface area (Å²) >= 11 is 0. The predicted molar refractivity (Wildman–Crippen MR) is 71.8 cm³/mol. The second-order valence-electron chi connectivity index (χ2n) is 4.13. The molecule has 0 saturated carbocycles. The number of pyridine rings is 1. The number of hydrogen-bond donors (Lipinski definition) is 1. The molecule has 0 unspecified atom stereocenters. The second kappa shape index (κ2) is 5.60. The summed E-state index contributed by atoms with van der Waals surface area (Å²) in [5.74, 6) is 0. The van der Waals surface area contributed by atoms with E-state index < -0.39 is 0 Å². The summed E-state index contributed by atoms with van der Waals surface area (Å²) in [6.07, 6.45) is 1.94. The molecule has 0 radical (unpaired) electrons. The van der Waals surface area contributed by atoms with Gasteiger partial charge in [0, 0.05) is 24.0 Å². The molecule has 88 valence electrons. The highest BCUT2D eigenvalue weighted by molar-refractivity contribution is 5.66. The first-order valence-corrected chi connectivity index (χ1v) is 6.03. The lowest BCUT2D eigenvalue weighted by atomic mass is 10.0. The lowest BCUT2D eigenvalue weighted by Crippen LogP contribution is -2.12. The topological polar surface area (TPSA) is 24.9 Å². The van der Waals surface area contributed by atoms with Crippen molar-refractivity contribution in [2.45, 2.75) is 20.4 Å². The molecule has 1 N–H and O–H groups in total. The molecule has 2 heteroatoms. The summed E-state index contributed by atoms with van der Waals surface area (Å²) in [5.41, 5.74) is 4.82. The van der Waals surface area contributed by atoms with E-state index in [4.69, 9.17) is 0 Å². The van der Waals surface area contributed by atoms with Crippen LogP contribution in [0.25, 0.3) is 11.1 Å². The van der Waals surface area contributed by atoms with Crippen molar-refractivity contribution in [3.8, 4) is 11.1 Å². The molecule has 1 aromatic heterocycles. The molecule has 0 aliphatic carbocycles. The standard InChI is InChI=1S/C15H18N2/c1-3-16-10-13-6-4-5-7-15(13)14-9-8-12(2)17-11-14/h4-9,11,16H,3,10H2,1-2H3. The quantitative estimate of drug-likeness (QED) is 0.866. The van der Waals surface area contributed by atoms with Crippen LogP contribution >= 0.6 is 0 Å². The SMILES string of the molecule is CCNCc1ccccc1-c1ccc(C)nc1. The zero-order chi connectivity index (χ0) is 12.1. The van der Waals surface area contributed by atoms with Crippen LogP contribution in [0, 0.1) is 6.92 Å². The fraction of sp³-hybridized carbons (Fsp3) is 0.267. The molecule has 0 fully saturated rings. The van der Waals surface area contributed by atoms with Gasteiger partial charge in [0.25, 0.3) is 0 Å². The molecule has 0 amide bonds. The van der Waals surface area contributed by atoms with Gasteiger partial charge in [-0.25, -0.2) is 0 Å². The zero-order valence-corrected chi connectivity index (χ0v) is 10.4. The summed E-state index contributed by atoms with van der Waals surface area (Å²) in [6.45, 7) is 6.02. The molecule has 0 aliphatic rings. The molecule has 2 nitrogen and oxygen atoms in total. The first kappa shape index (κ1) is 11.8. The van der Waals surface area contributed by atoms with Gasteiger partial charge in [0.2, 0.25) is 0 Å². The third-order valence-corrected chi connectivity index (χ3v) is 2.81. The van der Waals surface area contributed by atoms with Crippen molar-refractivity contribution < 1.29 is 0 Å². The van der Waals surface area contributed by atoms with Crippen LogP contribution in [0.4, 0.5) is 0 Å². The molecular formula is C15H18N2. The summed E-state index contributed by atoms with van der Waals surface area (Å²) in [7, 11) is 0. The summed E-state index contributed by atoms with van der Waals surface area (Å²) in [4.78, 5) is 4.36. The van der Waals surface area contributed by atoms with Crippen LogP contribution < -0.4 is 5.32 Å². The Morgan fingerprint density at radius 2 is 1.94 bits per heavy atom. The van der Waals surface area contributed by atoms with Crippen molar-refractivity contribution in [1.29, 1.82) is 0 Å². The Kier molecular flexibility index (Phi) is 3.89. The average Bonchev–Trinajstić information content (AvgIpc) is 2.38. The van der Waals surface area contributed by atoms with Gasteiger partial charge in [-0.15, -0.1) is 0 Å². The molecule has 0 spiro atoms. The molecule has 1 aromatic carbocycles. The van der Waals surface area contributed by atoms with Crippen LogP contribution in [0.2, 0.25) is 0 Å². The van der Waals surface area contributed by atoms with Gasteiger partial charge in [0.05, 0.1) is 0 Å².